The van der Waals surface area contributed by atoms with Gasteiger partial charge in [0.1, 0.15) is 18.2 Å². The van der Waals surface area contributed by atoms with Crippen molar-refractivity contribution in [1.29, 1.82) is 0 Å². The summed E-state index contributed by atoms with van der Waals surface area (Å²) in [4.78, 5) is 8.03. The summed E-state index contributed by atoms with van der Waals surface area (Å²) >= 11 is 11.6. The monoisotopic (exact) mass is 269 g/mol. The summed E-state index contributed by atoms with van der Waals surface area (Å²) in [6.45, 7) is 0.225. The molecular formula is C11H9Cl2N3O. The molecule has 0 fully saturated rings. The number of hydrogen-bond acceptors (Lipinski definition) is 4. The molecule has 0 unspecified atom stereocenters. The van der Waals surface area contributed by atoms with E-state index in [4.69, 9.17) is 33.7 Å². The lowest BCUT2D eigenvalue weighted by molar-refractivity contribution is 0.296. The van der Waals surface area contributed by atoms with E-state index in [0.717, 1.165) is 0 Å². The Hall–Kier alpha value is -1.52. The van der Waals surface area contributed by atoms with Crippen molar-refractivity contribution < 1.29 is 4.74 Å². The molecule has 0 saturated carbocycles. The third-order valence-corrected chi connectivity index (χ3v) is 2.73. The van der Waals surface area contributed by atoms with Crippen molar-refractivity contribution in [2.75, 3.05) is 5.73 Å². The molecule has 0 aliphatic heterocycles. The van der Waals surface area contributed by atoms with Crippen LogP contribution in [0.1, 0.15) is 5.82 Å². The van der Waals surface area contributed by atoms with Crippen molar-refractivity contribution in [2.45, 2.75) is 6.61 Å². The molecule has 0 atom stereocenters. The fourth-order valence-corrected chi connectivity index (χ4v) is 1.49. The number of nitrogens with zero attached hydrogens (tertiary/aromatic N) is 2. The predicted molar refractivity (Wildman–Crippen MR) is 67.2 cm³/mol. The summed E-state index contributed by atoms with van der Waals surface area (Å²) < 4.78 is 5.46. The van der Waals surface area contributed by atoms with Gasteiger partial charge in [-0.05, 0) is 18.2 Å². The van der Waals surface area contributed by atoms with Crippen LogP contribution in [0.2, 0.25) is 10.0 Å². The van der Waals surface area contributed by atoms with E-state index in [1.807, 2.05) is 0 Å². The molecule has 0 spiro atoms. The van der Waals surface area contributed by atoms with E-state index < -0.39 is 0 Å². The molecule has 0 saturated heterocycles. The molecule has 1 aromatic heterocycles. The van der Waals surface area contributed by atoms with Crippen molar-refractivity contribution in [3.05, 3.63) is 46.3 Å². The average Bonchev–Trinajstić information content (AvgIpc) is 2.31. The predicted octanol–water partition coefficient (Wildman–Crippen LogP) is 2.94. The van der Waals surface area contributed by atoms with E-state index in [9.17, 15) is 0 Å². The largest absolute Gasteiger partial charge is 0.486 e. The fraction of sp³-hybridized carbons (Fsp3) is 0.0909. The van der Waals surface area contributed by atoms with Crippen LogP contribution < -0.4 is 10.5 Å². The highest BCUT2D eigenvalue weighted by molar-refractivity contribution is 6.42. The molecule has 0 bridgehead atoms. The number of anilines is 1. The molecule has 17 heavy (non-hydrogen) atoms. The highest BCUT2D eigenvalue weighted by atomic mass is 35.5. The third-order valence-electron chi connectivity index (χ3n) is 1.99. The first-order chi connectivity index (χ1) is 8.15. The van der Waals surface area contributed by atoms with Crippen LogP contribution in [0.3, 0.4) is 0 Å². The molecule has 1 heterocycles. The number of nitrogen functional groups attached to an aromatic ring is 1. The lowest BCUT2D eigenvalue weighted by atomic mass is 10.3. The SMILES string of the molecule is Nc1ccnc(COc2ccc(Cl)c(Cl)c2)n1. The zero-order chi connectivity index (χ0) is 12.3. The zero-order valence-corrected chi connectivity index (χ0v) is 10.2. The van der Waals surface area contributed by atoms with Gasteiger partial charge in [0, 0.05) is 12.3 Å². The van der Waals surface area contributed by atoms with Gasteiger partial charge in [0.25, 0.3) is 0 Å². The van der Waals surface area contributed by atoms with Crippen LogP contribution in [-0.2, 0) is 6.61 Å². The summed E-state index contributed by atoms with van der Waals surface area (Å²) in [7, 11) is 0. The second-order valence-electron chi connectivity index (χ2n) is 3.26. The standard InChI is InChI=1S/C11H9Cl2N3O/c12-8-2-1-7(5-9(8)13)17-6-11-15-4-3-10(14)16-11/h1-5H,6H2,(H2,14,15,16). The van der Waals surface area contributed by atoms with Crippen LogP contribution in [0.5, 0.6) is 5.75 Å². The molecule has 2 aromatic rings. The van der Waals surface area contributed by atoms with Gasteiger partial charge in [-0.3, -0.25) is 0 Å². The average molecular weight is 270 g/mol. The Bertz CT molecular complexity index is 534. The summed E-state index contributed by atoms with van der Waals surface area (Å²) in [5.74, 6) is 1.52. The number of halogens is 2. The van der Waals surface area contributed by atoms with Crippen molar-refractivity contribution in [3.8, 4) is 5.75 Å². The topological polar surface area (TPSA) is 61.0 Å². The highest BCUT2D eigenvalue weighted by Crippen LogP contribution is 2.26. The maximum Gasteiger partial charge on any atom is 0.168 e. The molecule has 1 aromatic carbocycles. The lowest BCUT2D eigenvalue weighted by Crippen LogP contribution is -2.03. The third kappa shape index (κ3) is 3.22. The first-order valence-corrected chi connectivity index (χ1v) is 5.56. The quantitative estimate of drug-likeness (QED) is 0.931. The number of hydrogen-bond donors (Lipinski definition) is 1. The zero-order valence-electron chi connectivity index (χ0n) is 8.73. The Kier molecular flexibility index (Phi) is 3.66. The van der Waals surface area contributed by atoms with Gasteiger partial charge in [-0.1, -0.05) is 23.2 Å². The minimum atomic E-state index is 0.225. The Morgan fingerprint density at radius 2 is 2.00 bits per heavy atom. The van der Waals surface area contributed by atoms with Crippen LogP contribution in [-0.4, -0.2) is 9.97 Å². The highest BCUT2D eigenvalue weighted by Gasteiger charge is 2.02. The molecule has 0 radical (unpaired) electrons. The van der Waals surface area contributed by atoms with Crippen LogP contribution in [0.4, 0.5) is 5.82 Å². The Balaban J connectivity index is 2.05. The molecule has 2 N–H and O–H groups in total. The molecule has 0 aliphatic rings. The normalized spacial score (nSPS) is 10.2. The molecular weight excluding hydrogens is 261 g/mol. The molecule has 2 rings (SSSR count). The van der Waals surface area contributed by atoms with Gasteiger partial charge in [-0.15, -0.1) is 0 Å². The maximum absolute atomic E-state index is 5.86. The Labute approximate surface area is 108 Å². The van der Waals surface area contributed by atoms with Crippen molar-refractivity contribution >= 4 is 29.0 Å². The van der Waals surface area contributed by atoms with Crippen molar-refractivity contribution in [3.63, 3.8) is 0 Å². The van der Waals surface area contributed by atoms with E-state index in [1.54, 1.807) is 30.5 Å². The van der Waals surface area contributed by atoms with Gasteiger partial charge in [-0.2, -0.15) is 0 Å². The van der Waals surface area contributed by atoms with Gasteiger partial charge >= 0.3 is 0 Å². The first-order valence-electron chi connectivity index (χ1n) is 4.80. The van der Waals surface area contributed by atoms with E-state index in [2.05, 4.69) is 9.97 Å². The van der Waals surface area contributed by atoms with E-state index in [0.29, 0.717) is 27.4 Å². The van der Waals surface area contributed by atoms with Gasteiger partial charge < -0.3 is 10.5 Å². The number of nitrogens with two attached hydrogens (primary N) is 1. The van der Waals surface area contributed by atoms with Gasteiger partial charge in [-0.25, -0.2) is 9.97 Å². The summed E-state index contributed by atoms with van der Waals surface area (Å²) in [6.07, 6.45) is 1.58. The minimum Gasteiger partial charge on any atom is -0.486 e. The molecule has 4 nitrogen and oxygen atoms in total. The van der Waals surface area contributed by atoms with Crippen LogP contribution >= 0.6 is 23.2 Å². The molecule has 88 valence electrons. The van der Waals surface area contributed by atoms with Crippen LogP contribution in [0.25, 0.3) is 0 Å². The second kappa shape index (κ2) is 5.21. The number of rotatable bonds is 3. The van der Waals surface area contributed by atoms with E-state index in [-0.39, 0.29) is 6.61 Å². The summed E-state index contributed by atoms with van der Waals surface area (Å²) in [5, 5.41) is 0.928. The maximum atomic E-state index is 5.86. The number of aromatic nitrogens is 2. The minimum absolute atomic E-state index is 0.225. The molecule has 0 amide bonds. The van der Waals surface area contributed by atoms with Gasteiger partial charge in [0.05, 0.1) is 10.0 Å². The van der Waals surface area contributed by atoms with E-state index >= 15 is 0 Å². The number of benzene rings is 1. The van der Waals surface area contributed by atoms with Gasteiger partial charge in [0.2, 0.25) is 0 Å². The number of ether oxygens (including phenoxy) is 1. The molecule has 0 aliphatic carbocycles. The second-order valence-corrected chi connectivity index (χ2v) is 4.08. The smallest absolute Gasteiger partial charge is 0.168 e. The van der Waals surface area contributed by atoms with Crippen LogP contribution in [0.15, 0.2) is 30.5 Å². The van der Waals surface area contributed by atoms with Crippen LogP contribution in [0, 0.1) is 0 Å². The molecule has 6 heteroatoms. The Morgan fingerprint density at radius 3 is 2.71 bits per heavy atom. The summed E-state index contributed by atoms with van der Waals surface area (Å²) in [6, 6.07) is 6.64. The van der Waals surface area contributed by atoms with Crippen molar-refractivity contribution in [1.82, 2.24) is 9.97 Å². The first kappa shape index (κ1) is 12.0. The Morgan fingerprint density at radius 1 is 1.18 bits per heavy atom. The summed E-state index contributed by atoms with van der Waals surface area (Å²) in [5.41, 5.74) is 5.53. The lowest BCUT2D eigenvalue weighted by Gasteiger charge is -2.06. The van der Waals surface area contributed by atoms with Gasteiger partial charge in [0.15, 0.2) is 5.82 Å². The van der Waals surface area contributed by atoms with E-state index in [1.165, 1.54) is 0 Å². The fourth-order valence-electron chi connectivity index (χ4n) is 1.20. The van der Waals surface area contributed by atoms with Crippen molar-refractivity contribution in [2.24, 2.45) is 0 Å².